The van der Waals surface area contributed by atoms with E-state index in [1.54, 1.807) is 13.8 Å². The maximum atomic E-state index is 11.1. The van der Waals surface area contributed by atoms with Gasteiger partial charge >= 0.3 is 0 Å². The van der Waals surface area contributed by atoms with E-state index in [0.717, 1.165) is 95.4 Å². The van der Waals surface area contributed by atoms with E-state index in [9.17, 15) is 9.59 Å². The van der Waals surface area contributed by atoms with Crippen LogP contribution in [0.15, 0.2) is 66.7 Å². The Morgan fingerprint density at radius 3 is 1.33 bits per heavy atom. The molecule has 0 spiro atoms. The zero-order valence-electron chi connectivity index (χ0n) is 28.5. The smallest absolute Gasteiger partial charge is 0.185 e. The predicted octanol–water partition coefficient (Wildman–Crippen LogP) is 10.4. The molecule has 0 aliphatic rings. The Kier molecular flexibility index (Phi) is 14.2. The first-order chi connectivity index (χ1) is 23.5. The number of hydrogen-bond donors (Lipinski definition) is 0. The average Bonchev–Trinajstić information content (AvgIpc) is 3.65. The molecule has 7 nitrogen and oxygen atoms in total. The summed E-state index contributed by atoms with van der Waals surface area (Å²) in [5.74, 6) is 3.69. The Morgan fingerprint density at radius 2 is 0.896 bits per heavy atom. The summed E-state index contributed by atoms with van der Waals surface area (Å²) in [4.78, 5) is 37.6. The van der Waals surface area contributed by atoms with Crippen molar-refractivity contribution in [1.82, 2.24) is 24.1 Å². The third-order valence-corrected chi connectivity index (χ3v) is 10.5. The number of thioether (sulfide) groups is 2. The quantitative estimate of drug-likeness (QED) is 0.0755. The third kappa shape index (κ3) is 10.3. The molecule has 9 heteroatoms. The van der Waals surface area contributed by atoms with Gasteiger partial charge in [-0.25, -0.2) is 15.0 Å². The Bertz CT molecular complexity index is 1650. The number of hydrogen-bond acceptors (Lipinski definition) is 7. The van der Waals surface area contributed by atoms with Gasteiger partial charge in [0, 0.05) is 38.4 Å². The maximum Gasteiger partial charge on any atom is 0.185 e. The number of benzene rings is 2. The maximum absolute atomic E-state index is 11.1. The summed E-state index contributed by atoms with van der Waals surface area (Å²) >= 11 is 2.88. The highest BCUT2D eigenvalue weighted by Gasteiger charge is 2.17. The summed E-state index contributed by atoms with van der Waals surface area (Å²) in [6.07, 6.45) is 13.9. The van der Waals surface area contributed by atoms with E-state index in [0.29, 0.717) is 0 Å². The first-order valence-electron chi connectivity index (χ1n) is 17.7. The molecule has 0 fully saturated rings. The Labute approximate surface area is 293 Å². The minimum atomic E-state index is 0.216. The van der Waals surface area contributed by atoms with E-state index in [1.807, 2.05) is 12.1 Å². The monoisotopic (exact) mass is 683 g/mol. The molecule has 3 aromatic heterocycles. The summed E-state index contributed by atoms with van der Waals surface area (Å²) < 4.78 is 4.68. The number of nitrogens with zero attached hydrogens (tertiary/aromatic N) is 5. The molecule has 0 saturated heterocycles. The first kappa shape index (κ1) is 35.9. The van der Waals surface area contributed by atoms with Gasteiger partial charge in [-0.2, -0.15) is 0 Å². The standard InChI is InChI=1S/C39H49N5O2S2/c1-30(45)47-28-17-9-5-3-7-15-26-43-36-24-13-11-20-32(36)41-38(43)34-22-19-23-35(40-34)39-42-33-21-12-14-25-37(33)44(39)27-16-8-4-6-10-18-29-48-31(2)46/h11-14,19-25H,3-10,15-18,26-29H2,1-2H3. The van der Waals surface area contributed by atoms with Crippen molar-refractivity contribution in [2.75, 3.05) is 11.5 Å². The molecule has 254 valence electrons. The zero-order valence-corrected chi connectivity index (χ0v) is 30.2. The minimum Gasteiger partial charge on any atom is -0.323 e. The fourth-order valence-corrected chi connectivity index (χ4v) is 7.54. The van der Waals surface area contributed by atoms with Crippen molar-refractivity contribution in [3.05, 3.63) is 66.7 Å². The van der Waals surface area contributed by atoms with Gasteiger partial charge in [-0.15, -0.1) is 0 Å². The van der Waals surface area contributed by atoms with Gasteiger partial charge in [0.05, 0.1) is 22.1 Å². The molecule has 0 aliphatic heterocycles. The Morgan fingerprint density at radius 1 is 0.500 bits per heavy atom. The molecule has 0 aliphatic carbocycles. The molecule has 0 atom stereocenters. The number of imidazole rings is 2. The van der Waals surface area contributed by atoms with Gasteiger partial charge in [0.1, 0.15) is 11.4 Å². The van der Waals surface area contributed by atoms with Gasteiger partial charge < -0.3 is 9.13 Å². The number of pyridine rings is 1. The number of carbonyl (C=O) groups excluding carboxylic acids is 2. The molecule has 0 N–H and O–H groups in total. The normalized spacial score (nSPS) is 11.5. The zero-order chi connectivity index (χ0) is 33.6. The summed E-state index contributed by atoms with van der Waals surface area (Å²) in [6.45, 7) is 5.09. The van der Waals surface area contributed by atoms with Crippen molar-refractivity contribution in [3.63, 3.8) is 0 Å². The lowest BCUT2D eigenvalue weighted by molar-refractivity contribution is -0.109. The SMILES string of the molecule is CC(=O)SCCCCCCCCn1c(-c2cccc(-c3nc4ccccc4n3CCCCCCCCSC(C)=O)n2)nc2ccccc21. The second-order valence-electron chi connectivity index (χ2n) is 12.5. The lowest BCUT2D eigenvalue weighted by Gasteiger charge is -2.12. The lowest BCUT2D eigenvalue weighted by atomic mass is 10.1. The van der Waals surface area contributed by atoms with Gasteiger partial charge in [-0.3, -0.25) is 9.59 Å². The fraction of sp³-hybridized carbons (Fsp3) is 0.462. The van der Waals surface area contributed by atoms with Crippen molar-refractivity contribution >= 4 is 55.8 Å². The number of aryl methyl sites for hydroxylation is 2. The molecule has 0 unspecified atom stereocenters. The van der Waals surface area contributed by atoms with Crippen LogP contribution in [0.4, 0.5) is 0 Å². The van der Waals surface area contributed by atoms with E-state index in [2.05, 4.69) is 63.7 Å². The number of para-hydroxylation sites is 4. The molecular weight excluding hydrogens is 635 g/mol. The van der Waals surface area contributed by atoms with Crippen LogP contribution in [0.5, 0.6) is 0 Å². The molecule has 2 aromatic carbocycles. The molecule has 3 heterocycles. The largest absolute Gasteiger partial charge is 0.323 e. The van der Waals surface area contributed by atoms with Crippen molar-refractivity contribution in [2.45, 2.75) is 104 Å². The van der Waals surface area contributed by atoms with E-state index < -0.39 is 0 Å². The van der Waals surface area contributed by atoms with Gasteiger partial charge in [-0.1, -0.05) is 105 Å². The number of carbonyl (C=O) groups is 2. The number of fused-ring (bicyclic) bond motifs is 2. The molecule has 48 heavy (non-hydrogen) atoms. The van der Waals surface area contributed by atoms with E-state index in [1.165, 1.54) is 74.9 Å². The Balaban J connectivity index is 1.26. The lowest BCUT2D eigenvalue weighted by Crippen LogP contribution is -2.04. The third-order valence-electron chi connectivity index (χ3n) is 8.68. The second-order valence-corrected chi connectivity index (χ2v) is 15.0. The van der Waals surface area contributed by atoms with Crippen LogP contribution in [-0.4, -0.2) is 45.8 Å². The van der Waals surface area contributed by atoms with E-state index in [4.69, 9.17) is 15.0 Å². The van der Waals surface area contributed by atoms with E-state index in [-0.39, 0.29) is 10.2 Å². The van der Waals surface area contributed by atoms with Gasteiger partial charge in [0.2, 0.25) is 0 Å². The van der Waals surface area contributed by atoms with Crippen LogP contribution in [0.1, 0.15) is 90.9 Å². The van der Waals surface area contributed by atoms with E-state index >= 15 is 0 Å². The topological polar surface area (TPSA) is 82.7 Å². The van der Waals surface area contributed by atoms with Crippen molar-refractivity contribution < 1.29 is 9.59 Å². The molecule has 0 radical (unpaired) electrons. The van der Waals surface area contributed by atoms with Crippen LogP contribution in [-0.2, 0) is 22.7 Å². The molecule has 0 amide bonds. The fourth-order valence-electron chi connectivity index (χ4n) is 6.27. The predicted molar refractivity (Wildman–Crippen MR) is 203 cm³/mol. The van der Waals surface area contributed by atoms with Crippen LogP contribution >= 0.6 is 23.5 Å². The average molecular weight is 684 g/mol. The first-order valence-corrected chi connectivity index (χ1v) is 19.6. The van der Waals surface area contributed by atoms with Crippen molar-refractivity contribution in [1.29, 1.82) is 0 Å². The van der Waals surface area contributed by atoms with Gasteiger partial charge in [0.15, 0.2) is 21.9 Å². The second kappa shape index (κ2) is 18.9. The highest BCUT2D eigenvalue weighted by atomic mass is 32.2. The molecular formula is C39H49N5O2S2. The number of rotatable bonds is 20. The van der Waals surface area contributed by atoms with Gasteiger partial charge in [-0.05, 0) is 62.1 Å². The van der Waals surface area contributed by atoms with Crippen LogP contribution < -0.4 is 0 Å². The highest BCUT2D eigenvalue weighted by molar-refractivity contribution is 8.13. The number of aromatic nitrogens is 5. The summed E-state index contributed by atoms with van der Waals surface area (Å²) in [5, 5.41) is 0.431. The van der Waals surface area contributed by atoms with Crippen molar-refractivity contribution in [2.24, 2.45) is 0 Å². The summed E-state index contributed by atoms with van der Waals surface area (Å²) in [5.41, 5.74) is 6.01. The number of unbranched alkanes of at least 4 members (excludes halogenated alkanes) is 10. The molecule has 5 aromatic rings. The molecule has 0 saturated carbocycles. The van der Waals surface area contributed by atoms with Crippen molar-refractivity contribution in [3.8, 4) is 23.0 Å². The molecule has 0 bridgehead atoms. The Hall–Kier alpha value is -3.43. The highest BCUT2D eigenvalue weighted by Crippen LogP contribution is 2.29. The summed E-state index contributed by atoms with van der Waals surface area (Å²) in [6, 6.07) is 23.0. The van der Waals surface area contributed by atoms with Crippen LogP contribution in [0, 0.1) is 0 Å². The van der Waals surface area contributed by atoms with Crippen LogP contribution in [0.3, 0.4) is 0 Å². The summed E-state index contributed by atoms with van der Waals surface area (Å²) in [7, 11) is 0. The van der Waals surface area contributed by atoms with Gasteiger partial charge in [0.25, 0.3) is 0 Å². The van der Waals surface area contributed by atoms with Crippen LogP contribution in [0.25, 0.3) is 45.1 Å². The molecule has 5 rings (SSSR count). The minimum absolute atomic E-state index is 0.216. The van der Waals surface area contributed by atoms with Crippen LogP contribution in [0.2, 0.25) is 0 Å².